The summed E-state index contributed by atoms with van der Waals surface area (Å²) in [5.74, 6) is 0.749. The quantitative estimate of drug-likeness (QED) is 0.473. The smallest absolute Gasteiger partial charge is 0.240 e. The highest BCUT2D eigenvalue weighted by molar-refractivity contribution is 7.89. The lowest BCUT2D eigenvalue weighted by atomic mass is 10.4. The molecule has 9 nitrogen and oxygen atoms in total. The van der Waals surface area contributed by atoms with Crippen LogP contribution in [0.4, 0.5) is 10.2 Å². The number of aromatic nitrogens is 4. The standard InChI is InChI=1S/C18H24FN7O2S/c1-25(2)13-3-11-20-16-8-9-17-22-23-18(26(17)24-16)10-12-21-29(27,28)15-6-4-14(19)5-7-15/h4-9,21H,3,10-13H2,1-2H3,(H,20,24). The fourth-order valence-corrected chi connectivity index (χ4v) is 3.72. The molecule has 1 aromatic carbocycles. The van der Waals surface area contributed by atoms with E-state index < -0.39 is 15.8 Å². The van der Waals surface area contributed by atoms with Crippen LogP contribution in [-0.2, 0) is 16.4 Å². The van der Waals surface area contributed by atoms with Crippen LogP contribution in [0.1, 0.15) is 12.2 Å². The van der Waals surface area contributed by atoms with Crippen LogP contribution in [0.25, 0.3) is 5.65 Å². The summed E-state index contributed by atoms with van der Waals surface area (Å²) in [5, 5.41) is 15.9. The molecule has 29 heavy (non-hydrogen) atoms. The van der Waals surface area contributed by atoms with Crippen LogP contribution in [0.15, 0.2) is 41.3 Å². The normalized spacial score (nSPS) is 12.0. The van der Waals surface area contributed by atoms with E-state index in [4.69, 9.17) is 0 Å². The van der Waals surface area contributed by atoms with Crippen molar-refractivity contribution in [1.29, 1.82) is 0 Å². The van der Waals surface area contributed by atoms with Crippen LogP contribution in [0.5, 0.6) is 0 Å². The predicted molar refractivity (Wildman–Crippen MR) is 108 cm³/mol. The van der Waals surface area contributed by atoms with Crippen LogP contribution in [0.3, 0.4) is 0 Å². The van der Waals surface area contributed by atoms with E-state index in [2.05, 4.69) is 30.2 Å². The highest BCUT2D eigenvalue weighted by atomic mass is 32.2. The highest BCUT2D eigenvalue weighted by Crippen LogP contribution is 2.10. The number of benzene rings is 1. The number of rotatable bonds is 10. The lowest BCUT2D eigenvalue weighted by molar-refractivity contribution is 0.405. The summed E-state index contributed by atoms with van der Waals surface area (Å²) in [6.45, 7) is 1.87. The number of anilines is 1. The molecule has 0 bridgehead atoms. The topological polar surface area (TPSA) is 105 Å². The average Bonchev–Trinajstić information content (AvgIpc) is 3.08. The molecule has 0 amide bonds. The number of fused-ring (bicyclic) bond motifs is 1. The van der Waals surface area contributed by atoms with Gasteiger partial charge in [-0.1, -0.05) is 0 Å². The minimum absolute atomic E-state index is 0.00679. The molecule has 2 aromatic heterocycles. The van der Waals surface area contributed by atoms with Gasteiger partial charge < -0.3 is 10.2 Å². The Hall–Kier alpha value is -2.63. The second kappa shape index (κ2) is 9.25. The molecule has 0 saturated carbocycles. The third kappa shape index (κ3) is 5.68. The Morgan fingerprint density at radius 3 is 2.55 bits per heavy atom. The molecule has 0 spiro atoms. The molecular formula is C18H24FN7O2S. The van der Waals surface area contributed by atoms with Gasteiger partial charge in [-0.15, -0.1) is 15.3 Å². The van der Waals surface area contributed by atoms with Crippen molar-refractivity contribution in [1.82, 2.24) is 29.4 Å². The largest absolute Gasteiger partial charge is 0.369 e. The number of hydrogen-bond donors (Lipinski definition) is 2. The molecule has 3 aromatic rings. The van der Waals surface area contributed by atoms with E-state index in [-0.39, 0.29) is 11.4 Å². The van der Waals surface area contributed by atoms with Crippen molar-refractivity contribution in [3.63, 3.8) is 0 Å². The van der Waals surface area contributed by atoms with Gasteiger partial charge in [-0.25, -0.2) is 17.5 Å². The van der Waals surface area contributed by atoms with Crippen LogP contribution < -0.4 is 10.0 Å². The van der Waals surface area contributed by atoms with Gasteiger partial charge in [0, 0.05) is 19.5 Å². The molecule has 3 rings (SSSR count). The van der Waals surface area contributed by atoms with E-state index >= 15 is 0 Å². The second-order valence-corrected chi connectivity index (χ2v) is 8.56. The zero-order valence-electron chi connectivity index (χ0n) is 16.3. The Kier molecular flexibility index (Phi) is 6.72. The van der Waals surface area contributed by atoms with Crippen molar-refractivity contribution in [3.8, 4) is 0 Å². The molecule has 0 saturated heterocycles. The van der Waals surface area contributed by atoms with Gasteiger partial charge in [-0.3, -0.25) is 0 Å². The first-order valence-corrected chi connectivity index (χ1v) is 10.7. The molecule has 0 fully saturated rings. The zero-order chi connectivity index (χ0) is 20.9. The zero-order valence-corrected chi connectivity index (χ0v) is 17.2. The highest BCUT2D eigenvalue weighted by Gasteiger charge is 2.15. The summed E-state index contributed by atoms with van der Waals surface area (Å²) < 4.78 is 41.6. The van der Waals surface area contributed by atoms with Crippen molar-refractivity contribution in [2.45, 2.75) is 17.7 Å². The Labute approximate surface area is 169 Å². The van der Waals surface area contributed by atoms with Gasteiger partial charge in [0.25, 0.3) is 0 Å². The summed E-state index contributed by atoms with van der Waals surface area (Å²) >= 11 is 0. The summed E-state index contributed by atoms with van der Waals surface area (Å²) in [6.07, 6.45) is 1.28. The van der Waals surface area contributed by atoms with Crippen LogP contribution >= 0.6 is 0 Å². The number of nitrogens with one attached hydrogen (secondary N) is 2. The maximum absolute atomic E-state index is 13.0. The maximum atomic E-state index is 13.0. The minimum Gasteiger partial charge on any atom is -0.369 e. The minimum atomic E-state index is -3.72. The Balaban J connectivity index is 1.61. The predicted octanol–water partition coefficient (Wildman–Crippen LogP) is 1.15. The van der Waals surface area contributed by atoms with E-state index in [1.807, 2.05) is 20.2 Å². The number of halogens is 1. The summed E-state index contributed by atoms with van der Waals surface area (Å²) in [6, 6.07) is 8.30. The van der Waals surface area contributed by atoms with Gasteiger partial charge in [0.15, 0.2) is 11.5 Å². The van der Waals surface area contributed by atoms with Gasteiger partial charge in [-0.2, -0.15) is 4.52 Å². The lowest BCUT2D eigenvalue weighted by Gasteiger charge is -2.10. The average molecular weight is 422 g/mol. The third-order valence-corrected chi connectivity index (χ3v) is 5.66. The van der Waals surface area contributed by atoms with Gasteiger partial charge >= 0.3 is 0 Å². The van der Waals surface area contributed by atoms with E-state index in [9.17, 15) is 12.8 Å². The summed E-state index contributed by atoms with van der Waals surface area (Å²) in [7, 11) is 0.327. The van der Waals surface area contributed by atoms with Crippen molar-refractivity contribution in [2.75, 3.05) is 39.0 Å². The summed E-state index contributed by atoms with van der Waals surface area (Å²) in [5.41, 5.74) is 0.584. The first kappa shape index (κ1) is 21.1. The molecule has 0 aliphatic carbocycles. The fourth-order valence-electron chi connectivity index (χ4n) is 2.69. The third-order valence-electron chi connectivity index (χ3n) is 4.18. The number of sulfonamides is 1. The van der Waals surface area contributed by atoms with Crippen molar-refractivity contribution in [2.24, 2.45) is 0 Å². The molecule has 2 heterocycles. The van der Waals surface area contributed by atoms with E-state index in [0.717, 1.165) is 31.6 Å². The SMILES string of the molecule is CN(C)CCCNc1ccc2nnc(CCNS(=O)(=O)c3ccc(F)cc3)n2n1. The summed E-state index contributed by atoms with van der Waals surface area (Å²) in [4.78, 5) is 2.12. The van der Waals surface area contributed by atoms with Crippen LogP contribution in [0, 0.1) is 5.82 Å². The first-order chi connectivity index (χ1) is 13.8. The molecular weight excluding hydrogens is 397 g/mol. The van der Waals surface area contributed by atoms with E-state index in [0.29, 0.717) is 23.7 Å². The van der Waals surface area contributed by atoms with Gasteiger partial charge in [0.1, 0.15) is 11.6 Å². The Bertz CT molecular complexity index is 1050. The molecule has 0 atom stereocenters. The lowest BCUT2D eigenvalue weighted by Crippen LogP contribution is -2.26. The monoisotopic (exact) mass is 421 g/mol. The molecule has 0 aliphatic heterocycles. The fraction of sp³-hybridized carbons (Fsp3) is 0.389. The number of hydrogen-bond acceptors (Lipinski definition) is 7. The van der Waals surface area contributed by atoms with Gasteiger partial charge in [-0.05, 0) is 63.5 Å². The molecule has 11 heteroatoms. The van der Waals surface area contributed by atoms with Crippen molar-refractivity contribution < 1.29 is 12.8 Å². The van der Waals surface area contributed by atoms with E-state index in [1.165, 1.54) is 12.1 Å². The molecule has 0 radical (unpaired) electrons. The maximum Gasteiger partial charge on any atom is 0.240 e. The Morgan fingerprint density at radius 1 is 1.07 bits per heavy atom. The molecule has 2 N–H and O–H groups in total. The van der Waals surface area contributed by atoms with Crippen molar-refractivity contribution in [3.05, 3.63) is 48.0 Å². The van der Waals surface area contributed by atoms with Crippen LogP contribution in [-0.4, -0.2) is 66.9 Å². The first-order valence-electron chi connectivity index (χ1n) is 9.20. The molecule has 0 aliphatic rings. The van der Waals surface area contributed by atoms with Crippen molar-refractivity contribution >= 4 is 21.5 Å². The Morgan fingerprint density at radius 2 is 1.83 bits per heavy atom. The van der Waals surface area contributed by atoms with Gasteiger partial charge in [0.2, 0.25) is 10.0 Å². The molecule has 156 valence electrons. The van der Waals surface area contributed by atoms with E-state index in [1.54, 1.807) is 10.6 Å². The van der Waals surface area contributed by atoms with Crippen LogP contribution in [0.2, 0.25) is 0 Å². The van der Waals surface area contributed by atoms with Gasteiger partial charge in [0.05, 0.1) is 4.90 Å². The number of nitrogens with zero attached hydrogens (tertiary/aromatic N) is 5. The second-order valence-electron chi connectivity index (χ2n) is 6.79. The molecule has 0 unspecified atom stereocenters.